The van der Waals surface area contributed by atoms with Crippen LogP contribution >= 0.6 is 11.6 Å². The fourth-order valence-electron chi connectivity index (χ4n) is 1.91. The fraction of sp³-hybridized carbons (Fsp3) is 0.143. The molecule has 21 heavy (non-hydrogen) atoms. The number of nitrogens with one attached hydrogen (secondary N) is 1. The zero-order valence-corrected chi connectivity index (χ0v) is 12.6. The van der Waals surface area contributed by atoms with E-state index in [-0.39, 0.29) is 17.2 Å². The first-order chi connectivity index (χ1) is 9.94. The molecule has 4 N–H and O–H groups in total. The first-order valence-corrected chi connectivity index (χ1v) is 8.03. The van der Waals surface area contributed by atoms with Gasteiger partial charge in [-0.2, -0.15) is 0 Å². The van der Waals surface area contributed by atoms with Gasteiger partial charge in [0.1, 0.15) is 4.90 Å². The van der Waals surface area contributed by atoms with Crippen molar-refractivity contribution in [1.29, 1.82) is 0 Å². The second kappa shape index (κ2) is 6.44. The number of sulfonamides is 1. The van der Waals surface area contributed by atoms with Crippen LogP contribution in [0, 0.1) is 0 Å². The van der Waals surface area contributed by atoms with Gasteiger partial charge in [-0.15, -0.1) is 0 Å². The normalized spacial score (nSPS) is 13.0. The lowest BCUT2D eigenvalue weighted by atomic mass is 10.1. The van der Waals surface area contributed by atoms with Gasteiger partial charge in [0.05, 0.1) is 18.3 Å². The van der Waals surface area contributed by atoms with E-state index in [2.05, 4.69) is 4.72 Å². The van der Waals surface area contributed by atoms with Crippen LogP contribution in [0.5, 0.6) is 0 Å². The highest BCUT2D eigenvalue weighted by molar-refractivity contribution is 7.89. The van der Waals surface area contributed by atoms with Gasteiger partial charge in [-0.1, -0.05) is 41.9 Å². The van der Waals surface area contributed by atoms with Gasteiger partial charge in [0, 0.05) is 5.02 Å². The van der Waals surface area contributed by atoms with Gasteiger partial charge in [-0.05, 0) is 23.8 Å². The Morgan fingerprint density at radius 2 is 1.86 bits per heavy atom. The third-order valence-corrected chi connectivity index (χ3v) is 4.72. The zero-order valence-electron chi connectivity index (χ0n) is 11.0. The Balaban J connectivity index is 2.32. The summed E-state index contributed by atoms with van der Waals surface area (Å²) >= 11 is 5.76. The number of anilines is 1. The molecule has 2 rings (SSSR count). The van der Waals surface area contributed by atoms with Crippen LogP contribution in [0.15, 0.2) is 53.4 Å². The Morgan fingerprint density at radius 3 is 2.43 bits per heavy atom. The molecule has 0 unspecified atom stereocenters. The van der Waals surface area contributed by atoms with Crippen molar-refractivity contribution in [2.24, 2.45) is 0 Å². The van der Waals surface area contributed by atoms with E-state index in [1.54, 1.807) is 24.3 Å². The van der Waals surface area contributed by atoms with Gasteiger partial charge in [0.2, 0.25) is 10.0 Å². The van der Waals surface area contributed by atoms with Crippen molar-refractivity contribution in [1.82, 2.24) is 4.72 Å². The predicted octanol–water partition coefficient (Wildman–Crippen LogP) is 1.93. The molecule has 0 radical (unpaired) electrons. The number of nitrogen functional groups attached to an aromatic ring is 1. The molecule has 0 fully saturated rings. The lowest BCUT2D eigenvalue weighted by Crippen LogP contribution is -2.31. The minimum atomic E-state index is -3.86. The van der Waals surface area contributed by atoms with Crippen LogP contribution in [0.3, 0.4) is 0 Å². The third kappa shape index (κ3) is 3.74. The molecular formula is C14H15ClN2O3S. The number of benzene rings is 2. The highest BCUT2D eigenvalue weighted by Gasteiger charge is 2.22. The molecule has 0 saturated heterocycles. The SMILES string of the molecule is Nc1cc(Cl)ccc1S(=O)(=O)N[C@@H](CO)c1ccccc1. The van der Waals surface area contributed by atoms with Crippen LogP contribution in [0.1, 0.15) is 11.6 Å². The van der Waals surface area contributed by atoms with Crippen LogP contribution in [-0.2, 0) is 10.0 Å². The fourth-order valence-corrected chi connectivity index (χ4v) is 3.42. The summed E-state index contributed by atoms with van der Waals surface area (Å²) in [5, 5.41) is 9.78. The summed E-state index contributed by atoms with van der Waals surface area (Å²) in [7, 11) is -3.86. The quantitative estimate of drug-likeness (QED) is 0.732. The lowest BCUT2D eigenvalue weighted by molar-refractivity contribution is 0.259. The summed E-state index contributed by atoms with van der Waals surface area (Å²) in [6, 6.07) is 12.2. The Hall–Kier alpha value is -1.60. The van der Waals surface area contributed by atoms with Crippen molar-refractivity contribution in [3.63, 3.8) is 0 Å². The van der Waals surface area contributed by atoms with E-state index < -0.39 is 16.1 Å². The van der Waals surface area contributed by atoms with Gasteiger partial charge >= 0.3 is 0 Å². The molecule has 0 bridgehead atoms. The van der Waals surface area contributed by atoms with E-state index in [9.17, 15) is 13.5 Å². The van der Waals surface area contributed by atoms with Crippen molar-refractivity contribution >= 4 is 27.3 Å². The predicted molar refractivity (Wildman–Crippen MR) is 82.5 cm³/mol. The molecule has 5 nitrogen and oxygen atoms in total. The van der Waals surface area contributed by atoms with Crippen LogP contribution in [0.4, 0.5) is 5.69 Å². The maximum atomic E-state index is 12.4. The standard InChI is InChI=1S/C14H15ClN2O3S/c15-11-6-7-14(12(16)8-11)21(19,20)17-13(9-18)10-4-2-1-3-5-10/h1-8,13,17-18H,9,16H2/t13-/m0/s1. The monoisotopic (exact) mass is 326 g/mol. The molecule has 0 aromatic heterocycles. The minimum absolute atomic E-state index is 0.0553. The maximum absolute atomic E-state index is 12.4. The second-order valence-electron chi connectivity index (χ2n) is 4.45. The Kier molecular flexibility index (Phi) is 4.84. The molecule has 0 saturated carbocycles. The van der Waals surface area contributed by atoms with Gasteiger partial charge in [0.25, 0.3) is 0 Å². The summed E-state index contributed by atoms with van der Waals surface area (Å²) in [4.78, 5) is -0.0683. The second-order valence-corrected chi connectivity index (χ2v) is 6.57. The summed E-state index contributed by atoms with van der Waals surface area (Å²) in [6.07, 6.45) is 0. The van der Waals surface area contributed by atoms with Gasteiger partial charge in [-0.25, -0.2) is 13.1 Å². The molecule has 7 heteroatoms. The first-order valence-electron chi connectivity index (χ1n) is 6.17. The molecule has 1 atom stereocenters. The summed E-state index contributed by atoms with van der Waals surface area (Å²) in [5.74, 6) is 0. The number of hydrogen-bond donors (Lipinski definition) is 3. The van der Waals surface area contributed by atoms with E-state index in [1.807, 2.05) is 6.07 Å². The number of nitrogens with two attached hydrogens (primary N) is 1. The van der Waals surface area contributed by atoms with Crippen LogP contribution in [-0.4, -0.2) is 20.1 Å². The lowest BCUT2D eigenvalue weighted by Gasteiger charge is -2.17. The zero-order chi connectivity index (χ0) is 15.5. The van der Waals surface area contributed by atoms with Crippen molar-refractivity contribution in [2.45, 2.75) is 10.9 Å². The largest absolute Gasteiger partial charge is 0.398 e. The Bertz CT molecular complexity index is 720. The summed E-state index contributed by atoms with van der Waals surface area (Å²) in [5.41, 5.74) is 6.42. The molecule has 0 amide bonds. The highest BCUT2D eigenvalue weighted by Crippen LogP contribution is 2.24. The average molecular weight is 327 g/mol. The molecule has 0 aliphatic carbocycles. The molecule has 2 aromatic rings. The van der Waals surface area contributed by atoms with E-state index in [0.717, 1.165) is 0 Å². The number of rotatable bonds is 5. The molecule has 2 aromatic carbocycles. The molecule has 0 aliphatic rings. The third-order valence-electron chi connectivity index (χ3n) is 2.94. The maximum Gasteiger partial charge on any atom is 0.243 e. The average Bonchev–Trinajstić information content (AvgIpc) is 2.45. The number of aliphatic hydroxyl groups excluding tert-OH is 1. The smallest absolute Gasteiger partial charge is 0.243 e. The molecule has 0 spiro atoms. The van der Waals surface area contributed by atoms with Crippen molar-refractivity contribution in [3.8, 4) is 0 Å². The summed E-state index contributed by atoms with van der Waals surface area (Å²) in [6.45, 7) is -0.364. The van der Waals surface area contributed by atoms with Crippen LogP contribution in [0.2, 0.25) is 5.02 Å². The molecular weight excluding hydrogens is 312 g/mol. The first kappa shape index (κ1) is 15.8. The van der Waals surface area contributed by atoms with E-state index in [0.29, 0.717) is 10.6 Å². The van der Waals surface area contributed by atoms with Gasteiger partial charge < -0.3 is 10.8 Å². The Labute approximate surface area is 128 Å². The van der Waals surface area contributed by atoms with E-state index >= 15 is 0 Å². The Morgan fingerprint density at radius 1 is 1.19 bits per heavy atom. The van der Waals surface area contributed by atoms with E-state index in [4.69, 9.17) is 17.3 Å². The number of hydrogen-bond acceptors (Lipinski definition) is 4. The van der Waals surface area contributed by atoms with Gasteiger partial charge in [-0.3, -0.25) is 0 Å². The van der Waals surface area contributed by atoms with Crippen molar-refractivity contribution in [2.75, 3.05) is 12.3 Å². The van der Waals surface area contributed by atoms with Crippen molar-refractivity contribution < 1.29 is 13.5 Å². The molecule has 0 aliphatic heterocycles. The van der Waals surface area contributed by atoms with Crippen molar-refractivity contribution in [3.05, 3.63) is 59.1 Å². The number of halogens is 1. The highest BCUT2D eigenvalue weighted by atomic mass is 35.5. The minimum Gasteiger partial charge on any atom is -0.398 e. The number of aliphatic hydroxyl groups is 1. The molecule has 112 valence electrons. The topological polar surface area (TPSA) is 92.4 Å². The van der Waals surface area contributed by atoms with Crippen LogP contribution in [0.25, 0.3) is 0 Å². The summed E-state index contributed by atoms with van der Waals surface area (Å²) < 4.78 is 27.2. The van der Waals surface area contributed by atoms with E-state index in [1.165, 1.54) is 18.2 Å². The van der Waals surface area contributed by atoms with Crippen LogP contribution < -0.4 is 10.5 Å². The van der Waals surface area contributed by atoms with Gasteiger partial charge in [0.15, 0.2) is 0 Å². The molecule has 0 heterocycles.